The minimum Gasteiger partial charge on any atom is -0.348 e. The van der Waals surface area contributed by atoms with Gasteiger partial charge in [-0.05, 0) is 136 Å². The summed E-state index contributed by atoms with van der Waals surface area (Å²) in [7, 11) is 0. The Morgan fingerprint density at radius 2 is 0.794 bits per heavy atom. The van der Waals surface area contributed by atoms with Crippen molar-refractivity contribution in [3.05, 3.63) is 78.9 Å². The van der Waals surface area contributed by atoms with Gasteiger partial charge < -0.3 is 10.6 Å². The molecule has 0 unspecified atom stereocenters. The summed E-state index contributed by atoms with van der Waals surface area (Å²) in [6, 6.07) is 0. The summed E-state index contributed by atoms with van der Waals surface area (Å²) >= 11 is 0. The largest absolute Gasteiger partial charge is 0.348 e. The van der Waals surface area contributed by atoms with Crippen LogP contribution in [0.4, 0.5) is 0 Å². The van der Waals surface area contributed by atoms with Crippen LogP contribution in [0, 0.1) is 55.4 Å². The first-order valence-corrected chi connectivity index (χ1v) is 12.1. The third-order valence-electron chi connectivity index (χ3n) is 8.09. The Labute approximate surface area is 204 Å². The van der Waals surface area contributed by atoms with E-state index in [1.807, 2.05) is 26.0 Å². The maximum Gasteiger partial charge on any atom is 0.251 e. The second-order valence-corrected chi connectivity index (χ2v) is 9.48. The smallest absolute Gasteiger partial charge is 0.251 e. The number of carbonyl (C=O) groups is 2. The van der Waals surface area contributed by atoms with E-state index >= 15 is 0 Å². The van der Waals surface area contributed by atoms with Crippen molar-refractivity contribution in [1.82, 2.24) is 10.6 Å². The molecule has 2 aromatic rings. The van der Waals surface area contributed by atoms with Gasteiger partial charge in [0.2, 0.25) is 0 Å². The van der Waals surface area contributed by atoms with Crippen molar-refractivity contribution in [2.75, 3.05) is 0 Å². The molecule has 2 aliphatic rings. The van der Waals surface area contributed by atoms with E-state index < -0.39 is 0 Å². The highest BCUT2D eigenvalue weighted by atomic mass is 16.2. The highest BCUT2D eigenvalue weighted by molar-refractivity contribution is 6.22. The predicted molar refractivity (Wildman–Crippen MR) is 142 cm³/mol. The van der Waals surface area contributed by atoms with Crippen LogP contribution < -0.4 is 10.6 Å². The number of fused-ring (bicyclic) bond motifs is 2. The standard InChI is InChI=1S/2C15H19NO/c2*1-6-12-14-11(5)9(3)8(2)10(4)13(14)7-16-15(12)17/h2*6H,7H2,1-5H3,(H,16,17)/b2*12-6+. The Morgan fingerprint density at radius 3 is 1.09 bits per heavy atom. The molecule has 0 atom stereocenters. The number of hydrogen-bond acceptors (Lipinski definition) is 2. The highest BCUT2D eigenvalue weighted by Crippen LogP contribution is 2.35. The summed E-state index contributed by atoms with van der Waals surface area (Å²) in [5.41, 5.74) is 16.9. The molecule has 0 saturated heterocycles. The molecular weight excluding hydrogens is 420 g/mol. The van der Waals surface area contributed by atoms with Crippen LogP contribution in [0.25, 0.3) is 11.1 Å². The van der Waals surface area contributed by atoms with Crippen molar-refractivity contribution in [1.29, 1.82) is 0 Å². The van der Waals surface area contributed by atoms with Crippen molar-refractivity contribution in [3.8, 4) is 0 Å². The van der Waals surface area contributed by atoms with Crippen molar-refractivity contribution in [2.24, 2.45) is 0 Å². The van der Waals surface area contributed by atoms with Gasteiger partial charge in [0.15, 0.2) is 0 Å². The van der Waals surface area contributed by atoms with Gasteiger partial charge in [-0.1, -0.05) is 12.2 Å². The number of benzene rings is 2. The van der Waals surface area contributed by atoms with E-state index in [2.05, 4.69) is 66.0 Å². The Balaban J connectivity index is 0.000000191. The molecule has 4 nitrogen and oxygen atoms in total. The quantitative estimate of drug-likeness (QED) is 0.483. The normalized spacial score (nSPS) is 17.0. The van der Waals surface area contributed by atoms with Crippen LogP contribution in [0.2, 0.25) is 0 Å². The molecule has 4 rings (SSSR count). The molecule has 0 aromatic heterocycles. The Bertz CT molecular complexity index is 1180. The number of carbonyl (C=O) groups excluding carboxylic acids is 2. The van der Waals surface area contributed by atoms with E-state index in [-0.39, 0.29) is 11.8 Å². The zero-order valence-corrected chi connectivity index (χ0v) is 22.4. The zero-order chi connectivity index (χ0) is 25.5. The Morgan fingerprint density at radius 1 is 0.500 bits per heavy atom. The molecule has 34 heavy (non-hydrogen) atoms. The highest BCUT2D eigenvalue weighted by Gasteiger charge is 2.26. The molecule has 4 heteroatoms. The van der Waals surface area contributed by atoms with Crippen molar-refractivity contribution < 1.29 is 9.59 Å². The molecule has 2 heterocycles. The lowest BCUT2D eigenvalue weighted by molar-refractivity contribution is -0.116. The molecule has 2 aromatic carbocycles. The molecule has 0 radical (unpaired) electrons. The molecule has 180 valence electrons. The van der Waals surface area contributed by atoms with Gasteiger partial charge in [0.1, 0.15) is 0 Å². The van der Waals surface area contributed by atoms with E-state index in [9.17, 15) is 9.59 Å². The number of rotatable bonds is 0. The fraction of sp³-hybridized carbons (Fsp3) is 0.400. The van der Waals surface area contributed by atoms with Crippen LogP contribution >= 0.6 is 0 Å². The van der Waals surface area contributed by atoms with Gasteiger partial charge in [0, 0.05) is 24.2 Å². The van der Waals surface area contributed by atoms with E-state index in [4.69, 9.17) is 0 Å². The van der Waals surface area contributed by atoms with Crippen LogP contribution in [0.3, 0.4) is 0 Å². The minimum atomic E-state index is 0.0470. The lowest BCUT2D eigenvalue weighted by atomic mass is 9.83. The van der Waals surface area contributed by atoms with Gasteiger partial charge in [-0.2, -0.15) is 0 Å². The lowest BCUT2D eigenvalue weighted by Crippen LogP contribution is -2.31. The first-order valence-electron chi connectivity index (χ1n) is 12.1. The monoisotopic (exact) mass is 458 g/mol. The topological polar surface area (TPSA) is 58.2 Å². The first kappa shape index (κ1) is 25.5. The molecule has 0 fully saturated rings. The van der Waals surface area contributed by atoms with Gasteiger partial charge in [-0.15, -0.1) is 0 Å². The van der Waals surface area contributed by atoms with Crippen molar-refractivity contribution in [2.45, 2.75) is 82.3 Å². The second kappa shape index (κ2) is 9.61. The van der Waals surface area contributed by atoms with Gasteiger partial charge >= 0.3 is 0 Å². The fourth-order valence-electron chi connectivity index (χ4n) is 5.26. The molecule has 0 saturated carbocycles. The Kier molecular flexibility index (Phi) is 7.21. The van der Waals surface area contributed by atoms with E-state index in [1.54, 1.807) is 0 Å². The van der Waals surface area contributed by atoms with Crippen molar-refractivity contribution >= 4 is 23.0 Å². The minimum absolute atomic E-state index is 0.0470. The lowest BCUT2D eigenvalue weighted by Gasteiger charge is -2.26. The first-order chi connectivity index (χ1) is 16.0. The van der Waals surface area contributed by atoms with Crippen molar-refractivity contribution in [3.63, 3.8) is 0 Å². The van der Waals surface area contributed by atoms with E-state index in [1.165, 1.54) is 55.6 Å². The summed E-state index contributed by atoms with van der Waals surface area (Å²) in [5, 5.41) is 5.89. The maximum atomic E-state index is 11.9. The van der Waals surface area contributed by atoms with Crippen LogP contribution in [0.1, 0.15) is 80.6 Å². The van der Waals surface area contributed by atoms with E-state index in [0.29, 0.717) is 13.1 Å². The average Bonchev–Trinajstić information content (AvgIpc) is 2.83. The fourth-order valence-corrected chi connectivity index (χ4v) is 5.26. The second-order valence-electron chi connectivity index (χ2n) is 9.48. The van der Waals surface area contributed by atoms with Crippen LogP contribution in [-0.4, -0.2) is 11.8 Å². The van der Waals surface area contributed by atoms with Crippen LogP contribution in [-0.2, 0) is 22.7 Å². The van der Waals surface area contributed by atoms with Crippen LogP contribution in [0.15, 0.2) is 12.2 Å². The summed E-state index contributed by atoms with van der Waals surface area (Å²) in [4.78, 5) is 23.7. The summed E-state index contributed by atoms with van der Waals surface area (Å²) in [6.45, 7) is 22.3. The molecular formula is C30H38N2O2. The average molecular weight is 459 g/mol. The predicted octanol–water partition coefficient (Wildman–Crippen LogP) is 5.91. The zero-order valence-electron chi connectivity index (χ0n) is 22.4. The summed E-state index contributed by atoms with van der Waals surface area (Å²) in [5.74, 6) is 0.0940. The number of amides is 2. The summed E-state index contributed by atoms with van der Waals surface area (Å²) in [6.07, 6.45) is 3.82. The molecule has 2 aliphatic heterocycles. The number of hydrogen-bond donors (Lipinski definition) is 2. The van der Waals surface area contributed by atoms with Gasteiger partial charge in [0.25, 0.3) is 11.8 Å². The molecule has 2 amide bonds. The molecule has 0 aliphatic carbocycles. The molecule has 0 bridgehead atoms. The maximum absolute atomic E-state index is 11.9. The third-order valence-corrected chi connectivity index (χ3v) is 8.09. The van der Waals surface area contributed by atoms with Gasteiger partial charge in [-0.3, -0.25) is 9.59 Å². The van der Waals surface area contributed by atoms with E-state index in [0.717, 1.165) is 22.3 Å². The van der Waals surface area contributed by atoms with Crippen LogP contribution in [0.5, 0.6) is 0 Å². The Hall–Kier alpha value is -3.14. The number of allylic oxidation sites excluding steroid dienone is 2. The molecule has 0 spiro atoms. The third kappa shape index (κ3) is 4.00. The van der Waals surface area contributed by atoms with Gasteiger partial charge in [-0.25, -0.2) is 0 Å². The SMILES string of the molecule is C/C=C1/C(=O)NCc2c(C)c(C)c(C)c(C)c21.C/C=C1/C(=O)NCc2c(C)c(C)c(C)c(C)c21. The summed E-state index contributed by atoms with van der Waals surface area (Å²) < 4.78 is 0. The van der Waals surface area contributed by atoms with Gasteiger partial charge in [0.05, 0.1) is 0 Å². The number of nitrogens with one attached hydrogen (secondary N) is 2. The molecule has 2 N–H and O–H groups in total.